The highest BCUT2D eigenvalue weighted by Gasteiger charge is 2.21. The summed E-state index contributed by atoms with van der Waals surface area (Å²) in [5.74, 6) is -0.688. The molecule has 0 aromatic rings. The van der Waals surface area contributed by atoms with Gasteiger partial charge in [0.15, 0.2) is 0 Å². The molecule has 190 valence electrons. The molecule has 5 N–H and O–H groups in total. The zero-order valence-electron chi connectivity index (χ0n) is 21.0. The Morgan fingerprint density at radius 1 is 0.688 bits per heavy atom. The van der Waals surface area contributed by atoms with Crippen LogP contribution in [0.5, 0.6) is 0 Å². The number of rotatable bonds is 24. The summed E-state index contributed by atoms with van der Waals surface area (Å²) in [7, 11) is 0. The fourth-order valence-electron chi connectivity index (χ4n) is 3.92. The van der Waals surface area contributed by atoms with Crippen molar-refractivity contribution in [2.24, 2.45) is 11.5 Å². The number of unbranched alkanes of at least 4 members (excludes halogenated alkanes) is 16. The number of nitrogens with two attached hydrogens (primary N) is 2. The molecule has 0 spiro atoms. The van der Waals surface area contributed by atoms with Gasteiger partial charge in [-0.3, -0.25) is 4.79 Å². The molecule has 0 heterocycles. The van der Waals surface area contributed by atoms with Gasteiger partial charge >= 0.3 is 5.97 Å². The molecule has 0 radical (unpaired) electrons. The van der Waals surface area contributed by atoms with Gasteiger partial charge in [0.1, 0.15) is 6.04 Å². The van der Waals surface area contributed by atoms with Crippen LogP contribution in [0.2, 0.25) is 0 Å². The Bertz CT molecular complexity index is 433. The van der Waals surface area contributed by atoms with Crippen molar-refractivity contribution in [2.45, 2.75) is 135 Å². The van der Waals surface area contributed by atoms with E-state index in [1.54, 1.807) is 0 Å². The van der Waals surface area contributed by atoms with Crippen molar-refractivity contribution in [3.63, 3.8) is 0 Å². The van der Waals surface area contributed by atoms with Gasteiger partial charge in [-0.2, -0.15) is 0 Å². The van der Waals surface area contributed by atoms with E-state index in [2.05, 4.69) is 12.2 Å². The SMILES string of the molecule is CCCCCCCCCCCCCCCCCCOC(=O)[C@H](CCCCN)NC(=O)CN. The molecule has 0 aliphatic heterocycles. The van der Waals surface area contributed by atoms with Crippen molar-refractivity contribution in [1.82, 2.24) is 5.32 Å². The molecular weight excluding hydrogens is 402 g/mol. The normalized spacial score (nSPS) is 12.0. The number of hydrogen-bond donors (Lipinski definition) is 3. The van der Waals surface area contributed by atoms with Crippen molar-refractivity contribution >= 4 is 11.9 Å². The van der Waals surface area contributed by atoms with E-state index >= 15 is 0 Å². The molecule has 1 atom stereocenters. The minimum Gasteiger partial charge on any atom is -0.464 e. The van der Waals surface area contributed by atoms with Crippen LogP contribution in [-0.4, -0.2) is 37.6 Å². The number of carbonyl (C=O) groups excluding carboxylic acids is 2. The maximum absolute atomic E-state index is 12.2. The first-order valence-electron chi connectivity index (χ1n) is 13.5. The summed E-state index contributed by atoms with van der Waals surface area (Å²) in [6, 6.07) is -0.612. The van der Waals surface area contributed by atoms with Crippen LogP contribution in [0.25, 0.3) is 0 Å². The van der Waals surface area contributed by atoms with Gasteiger partial charge in [0.25, 0.3) is 0 Å². The molecule has 0 aliphatic carbocycles. The second-order valence-corrected chi connectivity index (χ2v) is 9.08. The first-order chi connectivity index (χ1) is 15.7. The Hall–Kier alpha value is -1.14. The number of hydrogen-bond acceptors (Lipinski definition) is 5. The molecule has 0 bridgehead atoms. The largest absolute Gasteiger partial charge is 0.464 e. The fourth-order valence-corrected chi connectivity index (χ4v) is 3.92. The lowest BCUT2D eigenvalue weighted by atomic mass is 10.0. The van der Waals surface area contributed by atoms with Crippen molar-refractivity contribution in [3.05, 3.63) is 0 Å². The van der Waals surface area contributed by atoms with E-state index in [9.17, 15) is 9.59 Å². The van der Waals surface area contributed by atoms with Crippen LogP contribution >= 0.6 is 0 Å². The molecule has 1 amide bonds. The van der Waals surface area contributed by atoms with Gasteiger partial charge in [0.05, 0.1) is 13.2 Å². The van der Waals surface area contributed by atoms with Gasteiger partial charge in [-0.25, -0.2) is 4.79 Å². The summed E-state index contributed by atoms with van der Waals surface area (Å²) in [5, 5.41) is 2.65. The highest BCUT2D eigenvalue weighted by atomic mass is 16.5. The zero-order valence-corrected chi connectivity index (χ0v) is 21.0. The summed E-state index contributed by atoms with van der Waals surface area (Å²) < 4.78 is 5.37. The zero-order chi connectivity index (χ0) is 23.7. The quantitative estimate of drug-likeness (QED) is 0.134. The van der Waals surface area contributed by atoms with Gasteiger partial charge in [0, 0.05) is 0 Å². The minimum absolute atomic E-state index is 0.125. The van der Waals surface area contributed by atoms with Gasteiger partial charge in [-0.15, -0.1) is 0 Å². The molecule has 0 aliphatic rings. The maximum Gasteiger partial charge on any atom is 0.328 e. The predicted octanol–water partition coefficient (Wildman–Crippen LogP) is 5.36. The van der Waals surface area contributed by atoms with Crippen molar-refractivity contribution < 1.29 is 14.3 Å². The Morgan fingerprint density at radius 2 is 1.16 bits per heavy atom. The van der Waals surface area contributed by atoms with Crippen LogP contribution in [0, 0.1) is 0 Å². The maximum atomic E-state index is 12.2. The fraction of sp³-hybridized carbons (Fsp3) is 0.923. The third kappa shape index (κ3) is 20.7. The molecule has 0 unspecified atom stereocenters. The number of esters is 1. The lowest BCUT2D eigenvalue weighted by molar-refractivity contribution is -0.148. The third-order valence-corrected chi connectivity index (χ3v) is 5.99. The summed E-state index contributed by atoms with van der Waals surface area (Å²) in [6.45, 7) is 3.14. The van der Waals surface area contributed by atoms with E-state index in [4.69, 9.17) is 16.2 Å². The summed E-state index contributed by atoms with van der Waals surface area (Å²) in [5.41, 5.74) is 10.8. The van der Waals surface area contributed by atoms with Crippen molar-refractivity contribution in [1.29, 1.82) is 0 Å². The van der Waals surface area contributed by atoms with E-state index in [0.29, 0.717) is 19.6 Å². The molecule has 0 aromatic heterocycles. The van der Waals surface area contributed by atoms with Crippen LogP contribution in [-0.2, 0) is 14.3 Å². The average Bonchev–Trinajstić information content (AvgIpc) is 2.80. The standard InChI is InChI=1S/C26H53N3O3/c1-2-3-4-5-6-7-8-9-10-11-12-13-14-15-16-19-22-32-26(31)24(20-17-18-21-27)29-25(30)23-28/h24H,2-23,27-28H2,1H3,(H,29,30)/t24-/m0/s1. The molecule has 6 nitrogen and oxygen atoms in total. The topological polar surface area (TPSA) is 107 Å². The second-order valence-electron chi connectivity index (χ2n) is 9.08. The molecule has 0 saturated carbocycles. The van der Waals surface area contributed by atoms with Crippen molar-refractivity contribution in [2.75, 3.05) is 19.7 Å². The van der Waals surface area contributed by atoms with Gasteiger partial charge in [0.2, 0.25) is 5.91 Å². The molecule has 32 heavy (non-hydrogen) atoms. The first kappa shape index (κ1) is 30.9. The minimum atomic E-state index is -0.612. The highest BCUT2D eigenvalue weighted by Crippen LogP contribution is 2.14. The Balaban J connectivity index is 3.53. The molecule has 0 saturated heterocycles. The number of ether oxygens (including phenoxy) is 1. The molecule has 0 rings (SSSR count). The third-order valence-electron chi connectivity index (χ3n) is 5.99. The van der Waals surface area contributed by atoms with Gasteiger partial charge in [-0.05, 0) is 32.2 Å². The average molecular weight is 456 g/mol. The Morgan fingerprint density at radius 3 is 1.59 bits per heavy atom. The first-order valence-corrected chi connectivity index (χ1v) is 13.5. The van der Waals surface area contributed by atoms with Crippen LogP contribution in [0.4, 0.5) is 0 Å². The molecule has 6 heteroatoms. The van der Waals surface area contributed by atoms with Crippen LogP contribution in [0.1, 0.15) is 129 Å². The molecule has 0 aromatic carbocycles. The summed E-state index contributed by atoms with van der Waals surface area (Å²) in [6.07, 6.45) is 23.2. The predicted molar refractivity (Wildman–Crippen MR) is 134 cm³/mol. The Labute approximate surface area is 198 Å². The Kier molecular flexibility index (Phi) is 23.6. The molecular formula is C26H53N3O3. The van der Waals surface area contributed by atoms with E-state index in [-0.39, 0.29) is 18.4 Å². The highest BCUT2D eigenvalue weighted by molar-refractivity contribution is 5.85. The van der Waals surface area contributed by atoms with E-state index < -0.39 is 6.04 Å². The van der Waals surface area contributed by atoms with E-state index in [1.807, 2.05) is 0 Å². The van der Waals surface area contributed by atoms with Crippen LogP contribution in [0.15, 0.2) is 0 Å². The van der Waals surface area contributed by atoms with Gasteiger partial charge < -0.3 is 21.5 Å². The van der Waals surface area contributed by atoms with Crippen molar-refractivity contribution in [3.8, 4) is 0 Å². The number of nitrogens with one attached hydrogen (secondary N) is 1. The summed E-state index contributed by atoms with van der Waals surface area (Å²) in [4.78, 5) is 23.8. The number of amides is 1. The van der Waals surface area contributed by atoms with E-state index in [0.717, 1.165) is 25.7 Å². The van der Waals surface area contributed by atoms with Gasteiger partial charge in [-0.1, -0.05) is 103 Å². The van der Waals surface area contributed by atoms with Crippen LogP contribution in [0.3, 0.4) is 0 Å². The number of carbonyl (C=O) groups is 2. The molecule has 0 fully saturated rings. The second kappa shape index (κ2) is 24.5. The smallest absolute Gasteiger partial charge is 0.328 e. The van der Waals surface area contributed by atoms with Crippen LogP contribution < -0.4 is 16.8 Å². The lowest BCUT2D eigenvalue weighted by Crippen LogP contribution is -2.44. The monoisotopic (exact) mass is 455 g/mol. The summed E-state index contributed by atoms with van der Waals surface area (Å²) >= 11 is 0. The van der Waals surface area contributed by atoms with E-state index in [1.165, 1.54) is 89.9 Å². The lowest BCUT2D eigenvalue weighted by Gasteiger charge is -2.17.